The fraction of sp³-hybridized carbons (Fsp3) is 0.850. The van der Waals surface area contributed by atoms with E-state index in [0.29, 0.717) is 11.8 Å². The van der Waals surface area contributed by atoms with Gasteiger partial charge in [0, 0.05) is 5.92 Å². The van der Waals surface area contributed by atoms with Crippen LogP contribution in [-0.2, 0) is 9.53 Å². The van der Waals surface area contributed by atoms with Crippen LogP contribution < -0.4 is 0 Å². The van der Waals surface area contributed by atoms with Gasteiger partial charge in [-0.15, -0.1) is 0 Å². The molecule has 2 saturated carbocycles. The summed E-state index contributed by atoms with van der Waals surface area (Å²) in [6.45, 7) is 11.6. The summed E-state index contributed by atoms with van der Waals surface area (Å²) < 4.78 is 6.20. The number of hydrogen-bond donors (Lipinski definition) is 0. The zero-order valence-electron chi connectivity index (χ0n) is 14.7. The molecular formula is C20H30O2. The maximum Gasteiger partial charge on any atom is 0.190 e. The first-order valence-electron chi connectivity index (χ1n) is 9.16. The molecule has 122 valence electrons. The Hall–Kier alpha value is -0.630. The highest BCUT2D eigenvalue weighted by Gasteiger charge is 2.80. The van der Waals surface area contributed by atoms with E-state index in [1.807, 2.05) is 6.08 Å². The highest BCUT2D eigenvalue weighted by molar-refractivity contribution is 6.02. The van der Waals surface area contributed by atoms with Crippen molar-refractivity contribution in [2.75, 3.05) is 0 Å². The van der Waals surface area contributed by atoms with Crippen LogP contribution in [-0.4, -0.2) is 17.0 Å². The molecular weight excluding hydrogens is 272 g/mol. The Labute approximate surface area is 134 Å². The normalized spacial score (nSPS) is 55.8. The van der Waals surface area contributed by atoms with E-state index in [9.17, 15) is 4.79 Å². The number of allylic oxidation sites excluding steroid dienone is 1. The maximum atomic E-state index is 13.0. The van der Waals surface area contributed by atoms with Gasteiger partial charge < -0.3 is 4.74 Å². The summed E-state index contributed by atoms with van der Waals surface area (Å²) in [4.78, 5) is 13.0. The van der Waals surface area contributed by atoms with E-state index in [1.165, 1.54) is 24.8 Å². The third kappa shape index (κ3) is 1.58. The van der Waals surface area contributed by atoms with Crippen molar-refractivity contribution >= 4 is 5.78 Å². The molecule has 1 heterocycles. The van der Waals surface area contributed by atoms with Crippen LogP contribution in [0.5, 0.6) is 0 Å². The smallest absolute Gasteiger partial charge is 0.190 e. The molecule has 1 aliphatic heterocycles. The van der Waals surface area contributed by atoms with E-state index in [1.54, 1.807) is 0 Å². The van der Waals surface area contributed by atoms with E-state index in [0.717, 1.165) is 24.7 Å². The first-order valence-corrected chi connectivity index (χ1v) is 9.16. The number of fused-ring (bicyclic) bond motifs is 2. The number of ketones is 1. The minimum atomic E-state index is -0.479. The predicted octanol–water partition coefficient (Wildman–Crippen LogP) is 4.53. The second-order valence-corrected chi connectivity index (χ2v) is 9.28. The topological polar surface area (TPSA) is 29.6 Å². The molecule has 1 spiro atoms. The first-order chi connectivity index (χ1) is 10.2. The standard InChI is InChI=1S/C20H30O2/c1-12(2)14-6-8-18(4)15(14)10-13(3)11-17(21)20-16(18)7-9-19(20,5)22-20/h11-12,14-16H,6-10H2,1-5H3/b13-11-/t14-,15?,16+,18+,19-,20-/m0/s1. The highest BCUT2D eigenvalue weighted by atomic mass is 16.6. The van der Waals surface area contributed by atoms with Gasteiger partial charge in [0.25, 0.3) is 0 Å². The van der Waals surface area contributed by atoms with Crippen molar-refractivity contribution in [3.8, 4) is 0 Å². The second kappa shape index (κ2) is 4.26. The molecule has 0 aromatic carbocycles. The Morgan fingerprint density at radius 1 is 1.23 bits per heavy atom. The van der Waals surface area contributed by atoms with Crippen molar-refractivity contribution in [3.63, 3.8) is 0 Å². The zero-order chi connectivity index (χ0) is 15.9. The molecule has 4 aliphatic rings. The van der Waals surface area contributed by atoms with Crippen LogP contribution in [0.15, 0.2) is 11.6 Å². The van der Waals surface area contributed by atoms with Crippen molar-refractivity contribution in [1.29, 1.82) is 0 Å². The first kappa shape index (κ1) is 14.9. The average Bonchev–Trinajstić information content (AvgIpc) is 2.74. The summed E-state index contributed by atoms with van der Waals surface area (Å²) in [6.07, 6.45) is 7.86. The number of carbonyl (C=O) groups is 1. The minimum absolute atomic E-state index is 0.174. The molecule has 0 aromatic heterocycles. The van der Waals surface area contributed by atoms with Crippen LogP contribution in [0, 0.1) is 29.1 Å². The Bertz CT molecular complexity index is 562. The lowest BCUT2D eigenvalue weighted by Gasteiger charge is -2.44. The molecule has 6 atom stereocenters. The van der Waals surface area contributed by atoms with E-state index >= 15 is 0 Å². The van der Waals surface area contributed by atoms with Gasteiger partial charge in [0.2, 0.25) is 0 Å². The van der Waals surface area contributed by atoms with Crippen LogP contribution >= 0.6 is 0 Å². The van der Waals surface area contributed by atoms with Gasteiger partial charge in [0.1, 0.15) is 5.60 Å². The lowest BCUT2D eigenvalue weighted by Crippen LogP contribution is -2.46. The Kier molecular flexibility index (Phi) is 2.89. The van der Waals surface area contributed by atoms with Gasteiger partial charge in [0.15, 0.2) is 11.4 Å². The van der Waals surface area contributed by atoms with Gasteiger partial charge in [-0.05, 0) is 75.2 Å². The number of carbonyl (C=O) groups excluding carboxylic acids is 1. The maximum absolute atomic E-state index is 13.0. The molecule has 1 saturated heterocycles. The van der Waals surface area contributed by atoms with Gasteiger partial charge in [-0.25, -0.2) is 0 Å². The molecule has 2 heteroatoms. The molecule has 0 amide bonds. The van der Waals surface area contributed by atoms with Crippen LogP contribution in [0.3, 0.4) is 0 Å². The van der Waals surface area contributed by atoms with Gasteiger partial charge in [-0.1, -0.05) is 26.3 Å². The summed E-state index contributed by atoms with van der Waals surface area (Å²) >= 11 is 0. The summed E-state index contributed by atoms with van der Waals surface area (Å²) in [5.41, 5.74) is 0.889. The summed E-state index contributed by atoms with van der Waals surface area (Å²) in [7, 11) is 0. The van der Waals surface area contributed by atoms with Gasteiger partial charge in [0.05, 0.1) is 0 Å². The van der Waals surface area contributed by atoms with Crippen molar-refractivity contribution < 1.29 is 9.53 Å². The van der Waals surface area contributed by atoms with Crippen LogP contribution in [0.1, 0.15) is 66.7 Å². The highest BCUT2D eigenvalue weighted by Crippen LogP contribution is 2.72. The zero-order valence-corrected chi connectivity index (χ0v) is 14.7. The quantitative estimate of drug-likeness (QED) is 0.666. The molecule has 4 rings (SSSR count). The SMILES string of the molecule is C/C1=C/C(=O)[C@]23O[C@@]2(C)CC[C@@H]3[C@]2(C)CC[C@@H](C(C)C)C2C1. The molecule has 2 nitrogen and oxygen atoms in total. The molecule has 3 aliphatic carbocycles. The fourth-order valence-electron chi connectivity index (χ4n) is 6.61. The van der Waals surface area contributed by atoms with Gasteiger partial charge in [-0.3, -0.25) is 4.79 Å². The summed E-state index contributed by atoms with van der Waals surface area (Å²) in [6, 6.07) is 0. The lowest BCUT2D eigenvalue weighted by atomic mass is 9.59. The third-order valence-electron chi connectivity index (χ3n) is 7.85. The molecule has 1 unspecified atom stereocenters. The summed E-state index contributed by atoms with van der Waals surface area (Å²) in [5.74, 6) is 2.94. The Morgan fingerprint density at radius 2 is 1.95 bits per heavy atom. The molecule has 0 N–H and O–H groups in total. The molecule has 0 radical (unpaired) electrons. The number of hydrogen-bond acceptors (Lipinski definition) is 2. The van der Waals surface area contributed by atoms with E-state index in [4.69, 9.17) is 4.74 Å². The largest absolute Gasteiger partial charge is 0.354 e. The van der Waals surface area contributed by atoms with E-state index in [2.05, 4.69) is 34.6 Å². The van der Waals surface area contributed by atoms with Gasteiger partial charge in [-0.2, -0.15) is 0 Å². The van der Waals surface area contributed by atoms with Crippen LogP contribution in [0.4, 0.5) is 0 Å². The molecule has 0 bridgehead atoms. The monoisotopic (exact) mass is 302 g/mol. The number of epoxide rings is 1. The Balaban J connectivity index is 1.83. The number of rotatable bonds is 1. The van der Waals surface area contributed by atoms with Gasteiger partial charge >= 0.3 is 0 Å². The molecule has 3 fully saturated rings. The molecule has 0 aromatic rings. The molecule has 22 heavy (non-hydrogen) atoms. The van der Waals surface area contributed by atoms with E-state index < -0.39 is 5.60 Å². The number of ether oxygens (including phenoxy) is 1. The second-order valence-electron chi connectivity index (χ2n) is 9.28. The third-order valence-corrected chi connectivity index (χ3v) is 7.85. The van der Waals surface area contributed by atoms with Crippen LogP contribution in [0.25, 0.3) is 0 Å². The van der Waals surface area contributed by atoms with Crippen molar-refractivity contribution in [2.24, 2.45) is 29.1 Å². The lowest BCUT2D eigenvalue weighted by molar-refractivity contribution is -0.124. The predicted molar refractivity (Wildman–Crippen MR) is 87.5 cm³/mol. The fourth-order valence-corrected chi connectivity index (χ4v) is 6.61. The van der Waals surface area contributed by atoms with Crippen molar-refractivity contribution in [3.05, 3.63) is 11.6 Å². The van der Waals surface area contributed by atoms with E-state index in [-0.39, 0.29) is 16.8 Å². The minimum Gasteiger partial charge on any atom is -0.354 e. The average molecular weight is 302 g/mol. The van der Waals surface area contributed by atoms with Crippen LogP contribution in [0.2, 0.25) is 0 Å². The van der Waals surface area contributed by atoms with Crippen molar-refractivity contribution in [1.82, 2.24) is 0 Å². The Morgan fingerprint density at radius 3 is 2.59 bits per heavy atom. The van der Waals surface area contributed by atoms with Crippen molar-refractivity contribution in [2.45, 2.75) is 77.9 Å². The summed E-state index contributed by atoms with van der Waals surface area (Å²) in [5, 5.41) is 0.